The Bertz CT molecular complexity index is 894. The first-order chi connectivity index (χ1) is 13.2. The van der Waals surface area contributed by atoms with Gasteiger partial charge in [0.1, 0.15) is 12.4 Å². The number of carbonyl (C=O) groups is 2. The zero-order chi connectivity index (χ0) is 20.3. The highest BCUT2D eigenvalue weighted by atomic mass is 19.4. The van der Waals surface area contributed by atoms with Crippen LogP contribution in [0.4, 0.5) is 23.7 Å². The number of carbonyl (C=O) groups excluding carboxylic acids is 2. The highest BCUT2D eigenvalue weighted by Gasteiger charge is 2.28. The van der Waals surface area contributed by atoms with Crippen molar-refractivity contribution >= 4 is 17.6 Å². The van der Waals surface area contributed by atoms with E-state index in [-0.39, 0.29) is 12.1 Å². The number of anilines is 1. The third-order valence-electron chi connectivity index (χ3n) is 4.29. The molecule has 0 atom stereocenters. The Balaban J connectivity index is 1.59. The first-order valence-corrected chi connectivity index (χ1v) is 8.64. The van der Waals surface area contributed by atoms with E-state index in [1.807, 2.05) is 4.57 Å². The lowest BCUT2D eigenvalue weighted by atomic mass is 10.1. The molecule has 0 fully saturated rings. The highest BCUT2D eigenvalue weighted by Crippen LogP contribution is 2.18. The summed E-state index contributed by atoms with van der Waals surface area (Å²) in [6.45, 7) is 1.28. The van der Waals surface area contributed by atoms with Crippen LogP contribution < -0.4 is 16.0 Å². The molecule has 0 bridgehead atoms. The minimum Gasteiger partial charge on any atom is -0.343 e. The Morgan fingerprint density at radius 1 is 1.21 bits per heavy atom. The second kappa shape index (κ2) is 7.87. The third-order valence-corrected chi connectivity index (χ3v) is 4.29. The number of aryl methyl sites for hydroxylation is 2. The molecule has 150 valence electrons. The summed E-state index contributed by atoms with van der Waals surface area (Å²) in [6, 6.07) is 3.74. The van der Waals surface area contributed by atoms with Crippen molar-refractivity contribution in [3.8, 4) is 0 Å². The largest absolute Gasteiger partial charge is 0.405 e. The molecule has 1 aromatic carbocycles. The smallest absolute Gasteiger partial charge is 0.343 e. The SMILES string of the molecule is Cc1ccc(C(=O)NCC(F)(F)F)cc1NC(=O)NCc1nnc2n1CCC2. The molecule has 3 rings (SSSR count). The maximum absolute atomic E-state index is 12.2. The molecule has 28 heavy (non-hydrogen) atoms. The molecule has 2 heterocycles. The summed E-state index contributed by atoms with van der Waals surface area (Å²) in [5.41, 5.74) is 0.995. The van der Waals surface area contributed by atoms with Gasteiger partial charge in [0.05, 0.1) is 6.54 Å². The Morgan fingerprint density at radius 3 is 2.75 bits per heavy atom. The Kier molecular flexibility index (Phi) is 5.52. The first-order valence-electron chi connectivity index (χ1n) is 8.64. The van der Waals surface area contributed by atoms with E-state index in [9.17, 15) is 22.8 Å². The summed E-state index contributed by atoms with van der Waals surface area (Å²) in [4.78, 5) is 24.0. The molecule has 0 spiro atoms. The van der Waals surface area contributed by atoms with Gasteiger partial charge in [0, 0.05) is 24.2 Å². The second-order valence-electron chi connectivity index (χ2n) is 6.42. The van der Waals surface area contributed by atoms with Crippen LogP contribution in [0.1, 0.15) is 34.0 Å². The van der Waals surface area contributed by atoms with Gasteiger partial charge in [-0.15, -0.1) is 10.2 Å². The number of aromatic nitrogens is 3. The number of nitrogens with one attached hydrogen (secondary N) is 3. The van der Waals surface area contributed by atoms with Crippen molar-refractivity contribution < 1.29 is 22.8 Å². The van der Waals surface area contributed by atoms with Crippen molar-refractivity contribution in [1.82, 2.24) is 25.4 Å². The maximum Gasteiger partial charge on any atom is 0.405 e. The van der Waals surface area contributed by atoms with Gasteiger partial charge in [0.25, 0.3) is 5.91 Å². The van der Waals surface area contributed by atoms with Crippen LogP contribution in [-0.4, -0.2) is 39.4 Å². The molecule has 0 aliphatic carbocycles. The summed E-state index contributed by atoms with van der Waals surface area (Å²) in [7, 11) is 0. The fourth-order valence-electron chi connectivity index (χ4n) is 2.85. The number of alkyl halides is 3. The summed E-state index contributed by atoms with van der Waals surface area (Å²) < 4.78 is 38.7. The molecular formula is C17H19F3N6O2. The number of urea groups is 1. The molecule has 2 aromatic rings. The van der Waals surface area contributed by atoms with Crippen molar-refractivity contribution in [2.45, 2.75) is 39.0 Å². The zero-order valence-corrected chi connectivity index (χ0v) is 15.1. The predicted octanol–water partition coefficient (Wildman–Crippen LogP) is 2.15. The van der Waals surface area contributed by atoms with Crippen LogP contribution in [0.5, 0.6) is 0 Å². The fourth-order valence-corrected chi connectivity index (χ4v) is 2.85. The van der Waals surface area contributed by atoms with Crippen LogP contribution in [0, 0.1) is 6.92 Å². The molecule has 0 unspecified atom stereocenters. The van der Waals surface area contributed by atoms with Gasteiger partial charge in [0.2, 0.25) is 0 Å². The van der Waals surface area contributed by atoms with Gasteiger partial charge in [-0.2, -0.15) is 13.2 Å². The average molecular weight is 396 g/mol. The van der Waals surface area contributed by atoms with E-state index in [1.54, 1.807) is 18.3 Å². The number of rotatable bonds is 5. The number of hydrogen-bond donors (Lipinski definition) is 3. The third kappa shape index (κ3) is 4.78. The van der Waals surface area contributed by atoms with Crippen LogP contribution in [0.2, 0.25) is 0 Å². The predicted molar refractivity (Wildman–Crippen MR) is 93.8 cm³/mol. The number of benzene rings is 1. The van der Waals surface area contributed by atoms with E-state index < -0.39 is 24.7 Å². The molecule has 3 amide bonds. The molecular weight excluding hydrogens is 377 g/mol. The molecule has 8 nitrogen and oxygen atoms in total. The van der Waals surface area contributed by atoms with E-state index in [4.69, 9.17) is 0 Å². The van der Waals surface area contributed by atoms with Crippen LogP contribution in [0.3, 0.4) is 0 Å². The summed E-state index contributed by atoms with van der Waals surface area (Å²) in [5.74, 6) is 0.671. The molecule has 1 aromatic heterocycles. The Morgan fingerprint density at radius 2 is 2.00 bits per heavy atom. The lowest BCUT2D eigenvalue weighted by Crippen LogP contribution is -2.34. The quantitative estimate of drug-likeness (QED) is 0.721. The number of fused-ring (bicyclic) bond motifs is 1. The van der Waals surface area contributed by atoms with Crippen molar-refractivity contribution in [2.75, 3.05) is 11.9 Å². The molecule has 0 saturated carbocycles. The Labute approximate surface area is 158 Å². The monoisotopic (exact) mass is 396 g/mol. The first kappa shape index (κ1) is 19.6. The lowest BCUT2D eigenvalue weighted by molar-refractivity contribution is -0.123. The van der Waals surface area contributed by atoms with Gasteiger partial charge in [-0.05, 0) is 31.0 Å². The molecule has 1 aliphatic heterocycles. The maximum atomic E-state index is 12.2. The molecule has 11 heteroatoms. The zero-order valence-electron chi connectivity index (χ0n) is 15.1. The van der Waals surface area contributed by atoms with Crippen molar-refractivity contribution in [3.63, 3.8) is 0 Å². The van der Waals surface area contributed by atoms with Crippen LogP contribution in [0.25, 0.3) is 0 Å². The van der Waals surface area contributed by atoms with E-state index in [0.717, 1.165) is 25.2 Å². The van der Waals surface area contributed by atoms with Gasteiger partial charge < -0.3 is 20.5 Å². The molecule has 0 saturated heterocycles. The van der Waals surface area contributed by atoms with Gasteiger partial charge in [-0.3, -0.25) is 4.79 Å². The number of amides is 3. The van der Waals surface area contributed by atoms with E-state index >= 15 is 0 Å². The minimum absolute atomic E-state index is 0.0143. The summed E-state index contributed by atoms with van der Waals surface area (Å²) in [6.07, 6.45) is -2.64. The van der Waals surface area contributed by atoms with Gasteiger partial charge >= 0.3 is 12.2 Å². The summed E-state index contributed by atoms with van der Waals surface area (Å²) in [5, 5.41) is 15.1. The van der Waals surface area contributed by atoms with Crippen molar-refractivity contribution in [1.29, 1.82) is 0 Å². The summed E-state index contributed by atoms with van der Waals surface area (Å²) >= 11 is 0. The van der Waals surface area contributed by atoms with E-state index in [2.05, 4.69) is 20.8 Å². The van der Waals surface area contributed by atoms with Crippen LogP contribution in [0.15, 0.2) is 18.2 Å². The van der Waals surface area contributed by atoms with E-state index in [0.29, 0.717) is 17.1 Å². The molecule has 0 radical (unpaired) electrons. The lowest BCUT2D eigenvalue weighted by Gasteiger charge is -2.12. The van der Waals surface area contributed by atoms with Crippen molar-refractivity contribution in [2.24, 2.45) is 0 Å². The fraction of sp³-hybridized carbons (Fsp3) is 0.412. The van der Waals surface area contributed by atoms with Crippen molar-refractivity contribution in [3.05, 3.63) is 41.0 Å². The Hall–Kier alpha value is -3.11. The van der Waals surface area contributed by atoms with Gasteiger partial charge in [-0.25, -0.2) is 4.79 Å². The van der Waals surface area contributed by atoms with E-state index in [1.165, 1.54) is 12.1 Å². The molecule has 1 aliphatic rings. The standard InChI is InChI=1S/C17H19F3N6O2/c1-10-4-5-11(15(27)22-9-17(18,19)20)7-12(10)23-16(28)21-8-14-25-24-13-3-2-6-26(13)14/h4-5,7H,2-3,6,8-9H2,1H3,(H,22,27)(H2,21,23,28). The van der Waals surface area contributed by atoms with Crippen LogP contribution >= 0.6 is 0 Å². The van der Waals surface area contributed by atoms with Gasteiger partial charge in [-0.1, -0.05) is 6.07 Å². The second-order valence-corrected chi connectivity index (χ2v) is 6.42. The highest BCUT2D eigenvalue weighted by molar-refractivity contribution is 5.97. The number of halogens is 3. The van der Waals surface area contributed by atoms with Gasteiger partial charge in [0.15, 0.2) is 5.82 Å². The topological polar surface area (TPSA) is 101 Å². The average Bonchev–Trinajstić information content (AvgIpc) is 3.23. The van der Waals surface area contributed by atoms with Crippen LogP contribution in [-0.2, 0) is 19.5 Å². The minimum atomic E-state index is -4.50. The number of hydrogen-bond acceptors (Lipinski definition) is 4. The normalized spacial score (nSPS) is 13.1. The number of nitrogens with zero attached hydrogens (tertiary/aromatic N) is 3. The molecule has 3 N–H and O–H groups in total.